The van der Waals surface area contributed by atoms with Crippen LogP contribution in [0.4, 0.5) is 0 Å². The summed E-state index contributed by atoms with van der Waals surface area (Å²) in [5, 5.41) is 43.7. The predicted octanol–water partition coefficient (Wildman–Crippen LogP) is 4.96. The summed E-state index contributed by atoms with van der Waals surface area (Å²) < 4.78 is 0. The first-order chi connectivity index (χ1) is 16.7. The maximum atomic E-state index is 10.1. The van der Waals surface area contributed by atoms with E-state index in [0.717, 1.165) is 0 Å². The maximum Gasteiger partial charge on any atom is 0.155 e. The Morgan fingerprint density at radius 1 is 0.703 bits per heavy atom. The van der Waals surface area contributed by atoms with Crippen molar-refractivity contribution < 1.29 is 29.4 Å². The topological polar surface area (TPSA) is 204 Å². The van der Waals surface area contributed by atoms with Crippen molar-refractivity contribution in [2.75, 3.05) is 6.61 Å². The quantitative estimate of drug-likeness (QED) is 0.228. The highest BCUT2D eigenvalue weighted by Crippen LogP contribution is 1.88. The molecule has 0 aliphatic heterocycles. The van der Waals surface area contributed by atoms with Gasteiger partial charge in [0, 0.05) is 48.5 Å². The molecule has 0 aliphatic rings. The molecule has 10 heteroatoms. The number of nitrogens with one attached hydrogen (secondary N) is 4. The second kappa shape index (κ2) is 35.2. The monoisotopic (exact) mass is 528 g/mol. The van der Waals surface area contributed by atoms with Gasteiger partial charge in [0.1, 0.15) is 24.0 Å². The van der Waals surface area contributed by atoms with E-state index in [1.807, 2.05) is 19.9 Å². The number of hydrogen-bond acceptors (Lipinski definition) is 10. The fourth-order valence-electron chi connectivity index (χ4n) is 1.44. The van der Waals surface area contributed by atoms with Crippen LogP contribution in [-0.2, 0) is 19.2 Å². The highest BCUT2D eigenvalue weighted by molar-refractivity contribution is 5.98. The van der Waals surface area contributed by atoms with Gasteiger partial charge in [0.15, 0.2) is 5.78 Å². The Bertz CT molecular complexity index is 662. The summed E-state index contributed by atoms with van der Waals surface area (Å²) in [5.41, 5.74) is 2.02. The van der Waals surface area contributed by atoms with Gasteiger partial charge < -0.3 is 36.6 Å². The molecular weight excluding hydrogens is 476 g/mol. The summed E-state index contributed by atoms with van der Waals surface area (Å²) in [4.78, 5) is 39.6. The highest BCUT2D eigenvalue weighted by atomic mass is 16.3. The van der Waals surface area contributed by atoms with Gasteiger partial charge in [-0.1, -0.05) is 13.0 Å². The summed E-state index contributed by atoms with van der Waals surface area (Å²) >= 11 is 0. The lowest BCUT2D eigenvalue weighted by molar-refractivity contribution is -0.119. The van der Waals surface area contributed by atoms with Gasteiger partial charge >= 0.3 is 0 Å². The van der Waals surface area contributed by atoms with Crippen LogP contribution in [0.1, 0.15) is 102 Å². The van der Waals surface area contributed by atoms with Crippen LogP contribution in [0.3, 0.4) is 0 Å². The van der Waals surface area contributed by atoms with E-state index in [1.54, 1.807) is 47.6 Å². The molecule has 0 heterocycles. The minimum atomic E-state index is -0.350. The van der Waals surface area contributed by atoms with E-state index in [9.17, 15) is 19.2 Å². The molecule has 0 saturated heterocycles. The smallest absolute Gasteiger partial charge is 0.155 e. The molecule has 0 spiro atoms. The Kier molecular flexibility index (Phi) is 44.9. The number of aliphatic hydroxyl groups is 2. The van der Waals surface area contributed by atoms with Gasteiger partial charge in [-0.3, -0.25) is 14.4 Å². The van der Waals surface area contributed by atoms with Crippen LogP contribution in [-0.4, -0.2) is 68.9 Å². The first-order valence-corrected chi connectivity index (χ1v) is 11.8. The van der Waals surface area contributed by atoms with Crippen LogP contribution in [0.2, 0.25) is 0 Å². The van der Waals surface area contributed by atoms with Gasteiger partial charge in [0.25, 0.3) is 0 Å². The van der Waals surface area contributed by atoms with Crippen LogP contribution in [0.25, 0.3) is 0 Å². The Balaban J connectivity index is -0.0000000784. The number of carbonyl (C=O) groups is 4. The van der Waals surface area contributed by atoms with E-state index in [0.29, 0.717) is 48.5 Å². The Hall–Kier alpha value is -2.98. The van der Waals surface area contributed by atoms with Crippen LogP contribution >= 0.6 is 0 Å². The zero-order chi connectivity index (χ0) is 31.1. The summed E-state index contributed by atoms with van der Waals surface area (Å²) in [5.74, 6) is 0.190. The average molecular weight is 529 g/mol. The van der Waals surface area contributed by atoms with Crippen LogP contribution < -0.4 is 0 Å². The lowest BCUT2D eigenvalue weighted by Gasteiger charge is -1.97. The molecule has 0 aliphatic carbocycles. The predicted molar refractivity (Wildman–Crippen MR) is 154 cm³/mol. The number of rotatable bonds is 9. The van der Waals surface area contributed by atoms with Crippen molar-refractivity contribution >= 4 is 46.0 Å². The SMILES string of the molecule is C/C=C/C(C)=N.CC(=N)CC(C)=O.CC(=N)CC(C)=O.CC(=N)CC(C)O.CC(=O)CO.CCC(C)=O. The van der Waals surface area contributed by atoms with E-state index in [-0.39, 0.29) is 35.8 Å². The fraction of sp³-hybridized carbons (Fsp3) is 0.630. The number of hydrogen-bond donors (Lipinski definition) is 6. The molecule has 0 saturated carbocycles. The van der Waals surface area contributed by atoms with Crippen molar-refractivity contribution in [2.45, 2.75) is 108 Å². The molecule has 0 aromatic carbocycles. The summed E-state index contributed by atoms with van der Waals surface area (Å²) in [6.07, 6.45) is 5.03. The summed E-state index contributed by atoms with van der Waals surface area (Å²) in [7, 11) is 0. The number of ketones is 4. The van der Waals surface area contributed by atoms with Gasteiger partial charge in [-0.15, -0.1) is 0 Å². The first-order valence-electron chi connectivity index (χ1n) is 11.8. The van der Waals surface area contributed by atoms with Crippen molar-refractivity contribution in [1.29, 1.82) is 21.6 Å². The average Bonchev–Trinajstić information content (AvgIpc) is 2.67. The van der Waals surface area contributed by atoms with Crippen molar-refractivity contribution in [2.24, 2.45) is 0 Å². The third-order valence-electron chi connectivity index (χ3n) is 2.77. The summed E-state index contributed by atoms with van der Waals surface area (Å²) in [6.45, 7) is 17.7. The Morgan fingerprint density at radius 2 is 1.00 bits per heavy atom. The number of aliphatic hydroxyl groups excluding tert-OH is 2. The van der Waals surface area contributed by atoms with E-state index < -0.39 is 0 Å². The second-order valence-corrected chi connectivity index (χ2v) is 8.25. The van der Waals surface area contributed by atoms with Crippen molar-refractivity contribution in [3.05, 3.63) is 12.2 Å². The minimum absolute atomic E-state index is 0.0625. The third kappa shape index (κ3) is 124. The van der Waals surface area contributed by atoms with Crippen LogP contribution in [0, 0.1) is 21.6 Å². The molecule has 6 N–H and O–H groups in total. The first kappa shape index (κ1) is 47.2. The lowest BCUT2D eigenvalue weighted by Crippen LogP contribution is -2.04. The molecule has 0 aromatic rings. The molecule has 10 nitrogen and oxygen atoms in total. The molecule has 1 atom stereocenters. The molecule has 37 heavy (non-hydrogen) atoms. The number of Topliss-reactive ketones (excluding diaryl/α,β-unsaturated/α-hetero) is 4. The number of allylic oxidation sites excluding steroid dienone is 2. The molecule has 0 rings (SSSR count). The lowest BCUT2D eigenvalue weighted by atomic mass is 10.2. The van der Waals surface area contributed by atoms with Crippen LogP contribution in [0.5, 0.6) is 0 Å². The van der Waals surface area contributed by atoms with E-state index >= 15 is 0 Å². The fourth-order valence-corrected chi connectivity index (χ4v) is 1.44. The van der Waals surface area contributed by atoms with Gasteiger partial charge in [0.05, 0.1) is 6.10 Å². The van der Waals surface area contributed by atoms with Crippen LogP contribution in [0.15, 0.2) is 12.2 Å². The minimum Gasteiger partial charge on any atom is -0.393 e. The molecule has 0 amide bonds. The Morgan fingerprint density at radius 3 is 1.00 bits per heavy atom. The summed E-state index contributed by atoms with van der Waals surface area (Å²) in [6, 6.07) is 0. The normalized spacial score (nSPS) is 9.32. The van der Waals surface area contributed by atoms with Crippen molar-refractivity contribution in [3.8, 4) is 0 Å². The zero-order valence-electron chi connectivity index (χ0n) is 24.8. The highest BCUT2D eigenvalue weighted by Gasteiger charge is 1.93. The molecule has 0 fully saturated rings. The number of carbonyl (C=O) groups excluding carboxylic acids is 4. The van der Waals surface area contributed by atoms with Crippen molar-refractivity contribution in [3.63, 3.8) is 0 Å². The third-order valence-corrected chi connectivity index (χ3v) is 2.77. The van der Waals surface area contributed by atoms with Gasteiger partial charge in [0.2, 0.25) is 0 Å². The molecule has 0 radical (unpaired) electrons. The van der Waals surface area contributed by atoms with Crippen molar-refractivity contribution in [1.82, 2.24) is 0 Å². The molecular formula is C27H52N4O6. The standard InChI is InChI=1S/C5H11NO.2C5H9NO.C5H9N.C4H8O.C3H6O2/c3*1-4(6)3-5(2)7;1-3-4-5(2)6;1-3-4(2)5;1-3(5)2-4/h5-7H,3H2,1-2H3;2*6H,3H2,1-2H3;3-4,6H,1-2H3;3H2,1-2H3;4H,2H2,1H3/b;;;4-3+,6-5?;;. The van der Waals surface area contributed by atoms with Gasteiger partial charge in [-0.05, 0) is 75.3 Å². The van der Waals surface area contributed by atoms with Gasteiger partial charge in [-0.2, -0.15) is 0 Å². The van der Waals surface area contributed by atoms with E-state index in [1.165, 1.54) is 20.8 Å². The zero-order valence-corrected chi connectivity index (χ0v) is 24.8. The Labute approximate surface area is 224 Å². The molecule has 216 valence electrons. The van der Waals surface area contributed by atoms with E-state index in [4.69, 9.17) is 31.9 Å². The second-order valence-electron chi connectivity index (χ2n) is 8.25. The molecule has 0 aromatic heterocycles. The van der Waals surface area contributed by atoms with Gasteiger partial charge in [-0.25, -0.2) is 0 Å². The molecule has 0 bridgehead atoms. The molecule has 1 unspecified atom stereocenters. The maximum absolute atomic E-state index is 10.1. The van der Waals surface area contributed by atoms with E-state index in [2.05, 4.69) is 0 Å². The largest absolute Gasteiger partial charge is 0.393 e.